The average molecular weight is 345 g/mol. The molecule has 0 unspecified atom stereocenters. The number of carbonyl (C=O) groups is 1. The monoisotopic (exact) mass is 345 g/mol. The molecule has 134 valence electrons. The summed E-state index contributed by atoms with van der Waals surface area (Å²) in [5.41, 5.74) is -0.749. The van der Waals surface area contributed by atoms with Crippen LogP contribution < -0.4 is 4.74 Å². The maximum Gasteiger partial charge on any atom is 0.419 e. The number of ether oxygens (including phenoxy) is 1. The fraction of sp³-hybridized carbons (Fsp3) is 0.588. The van der Waals surface area contributed by atoms with E-state index in [0.717, 1.165) is 32.1 Å². The van der Waals surface area contributed by atoms with Crippen molar-refractivity contribution in [1.29, 1.82) is 0 Å². The van der Waals surface area contributed by atoms with Crippen LogP contribution in [0.4, 0.5) is 13.2 Å². The Kier molecular flexibility index (Phi) is 6.48. The maximum absolute atomic E-state index is 12.8. The summed E-state index contributed by atoms with van der Waals surface area (Å²) in [6.07, 6.45) is -1.63. The summed E-state index contributed by atoms with van der Waals surface area (Å²) in [6, 6.07) is 5.22. The van der Waals surface area contributed by atoms with Crippen molar-refractivity contribution >= 4 is 5.97 Å². The Morgan fingerprint density at radius 2 is 1.88 bits per heavy atom. The minimum Gasteiger partial charge on any atom is -0.493 e. The number of aliphatic carboxylic acids is 1. The standard InChI is InChI=1S/C17H22F3NO3/c18-17(19,20)14-5-1-2-6-15(14)24-12-4-3-9-21-10-7-13(8-11-21)16(22)23/h1-2,5-6,13H,3-4,7-12H2,(H,22,23). The minimum absolute atomic E-state index is 0.132. The highest BCUT2D eigenvalue weighted by atomic mass is 19.4. The quantitative estimate of drug-likeness (QED) is 0.766. The van der Waals surface area contributed by atoms with Gasteiger partial charge in [-0.2, -0.15) is 13.2 Å². The Hall–Kier alpha value is -1.76. The first-order valence-electron chi connectivity index (χ1n) is 8.12. The van der Waals surface area contributed by atoms with Gasteiger partial charge in [-0.15, -0.1) is 0 Å². The van der Waals surface area contributed by atoms with Gasteiger partial charge in [0.15, 0.2) is 0 Å². The highest BCUT2D eigenvalue weighted by molar-refractivity contribution is 5.70. The smallest absolute Gasteiger partial charge is 0.419 e. The fourth-order valence-corrected chi connectivity index (χ4v) is 2.85. The van der Waals surface area contributed by atoms with Gasteiger partial charge in [-0.25, -0.2) is 0 Å². The molecule has 0 atom stereocenters. The van der Waals surface area contributed by atoms with E-state index in [4.69, 9.17) is 9.84 Å². The van der Waals surface area contributed by atoms with Gasteiger partial charge < -0.3 is 14.7 Å². The first-order chi connectivity index (χ1) is 11.4. The zero-order chi connectivity index (χ0) is 17.6. The van der Waals surface area contributed by atoms with Gasteiger partial charge in [0, 0.05) is 0 Å². The number of likely N-dealkylation sites (tertiary alicyclic amines) is 1. The Morgan fingerprint density at radius 1 is 1.21 bits per heavy atom. The van der Waals surface area contributed by atoms with Gasteiger partial charge in [-0.3, -0.25) is 4.79 Å². The summed E-state index contributed by atoms with van der Waals surface area (Å²) in [5, 5.41) is 8.94. The molecule has 24 heavy (non-hydrogen) atoms. The molecule has 0 bridgehead atoms. The second-order valence-electron chi connectivity index (χ2n) is 6.00. The molecule has 0 aliphatic carbocycles. The van der Waals surface area contributed by atoms with Crippen LogP contribution in [0.2, 0.25) is 0 Å². The van der Waals surface area contributed by atoms with Crippen molar-refractivity contribution in [3.63, 3.8) is 0 Å². The van der Waals surface area contributed by atoms with Crippen molar-refractivity contribution in [2.75, 3.05) is 26.2 Å². The van der Waals surface area contributed by atoms with Crippen molar-refractivity contribution in [1.82, 2.24) is 4.90 Å². The molecule has 0 amide bonds. The average Bonchev–Trinajstić information content (AvgIpc) is 2.54. The number of unbranched alkanes of at least 4 members (excludes halogenated alkanes) is 1. The second kappa shape index (κ2) is 8.37. The van der Waals surface area contributed by atoms with Crippen LogP contribution in [0.3, 0.4) is 0 Å². The fourth-order valence-electron chi connectivity index (χ4n) is 2.85. The van der Waals surface area contributed by atoms with E-state index in [1.807, 2.05) is 0 Å². The highest BCUT2D eigenvalue weighted by Gasteiger charge is 2.33. The molecule has 1 aromatic rings. The predicted molar refractivity (Wildman–Crippen MR) is 83.0 cm³/mol. The lowest BCUT2D eigenvalue weighted by atomic mass is 9.97. The van der Waals surface area contributed by atoms with Crippen LogP contribution in [0.5, 0.6) is 5.75 Å². The molecule has 0 spiro atoms. The maximum atomic E-state index is 12.8. The van der Waals surface area contributed by atoms with E-state index in [1.165, 1.54) is 18.2 Å². The molecule has 0 saturated carbocycles. The molecule has 2 rings (SSSR count). The third-order valence-corrected chi connectivity index (χ3v) is 4.26. The van der Waals surface area contributed by atoms with Crippen molar-refractivity contribution in [3.8, 4) is 5.75 Å². The van der Waals surface area contributed by atoms with Crippen molar-refractivity contribution in [2.45, 2.75) is 31.9 Å². The van der Waals surface area contributed by atoms with Crippen LogP contribution in [0.25, 0.3) is 0 Å². The largest absolute Gasteiger partial charge is 0.493 e. The number of para-hydroxylation sites is 1. The van der Waals surface area contributed by atoms with Crippen LogP contribution >= 0.6 is 0 Å². The van der Waals surface area contributed by atoms with Crippen LogP contribution in [0, 0.1) is 5.92 Å². The highest BCUT2D eigenvalue weighted by Crippen LogP contribution is 2.35. The lowest BCUT2D eigenvalue weighted by molar-refractivity contribution is -0.143. The van der Waals surface area contributed by atoms with Gasteiger partial charge >= 0.3 is 12.1 Å². The Bertz CT molecular complexity index is 540. The van der Waals surface area contributed by atoms with E-state index >= 15 is 0 Å². The van der Waals surface area contributed by atoms with Gasteiger partial charge in [0.25, 0.3) is 0 Å². The van der Waals surface area contributed by atoms with Crippen LogP contribution in [0.1, 0.15) is 31.2 Å². The lowest BCUT2D eigenvalue weighted by Crippen LogP contribution is -2.36. The topological polar surface area (TPSA) is 49.8 Å². The third-order valence-electron chi connectivity index (χ3n) is 4.26. The van der Waals surface area contributed by atoms with Gasteiger partial charge in [0.1, 0.15) is 5.75 Å². The van der Waals surface area contributed by atoms with Crippen LogP contribution in [-0.4, -0.2) is 42.2 Å². The van der Waals surface area contributed by atoms with Crippen molar-refractivity contribution in [2.24, 2.45) is 5.92 Å². The number of rotatable bonds is 7. The van der Waals surface area contributed by atoms with E-state index in [2.05, 4.69) is 4.90 Å². The molecular formula is C17H22F3NO3. The minimum atomic E-state index is -4.41. The molecule has 1 aliphatic heterocycles. The molecular weight excluding hydrogens is 323 g/mol. The second-order valence-corrected chi connectivity index (χ2v) is 6.00. The summed E-state index contributed by atoms with van der Waals surface area (Å²) in [4.78, 5) is 13.1. The Balaban J connectivity index is 1.67. The predicted octanol–water partition coefficient (Wildman–Crippen LogP) is 3.66. The van der Waals surface area contributed by atoms with Crippen molar-refractivity contribution in [3.05, 3.63) is 29.8 Å². The third kappa shape index (κ3) is 5.40. The van der Waals surface area contributed by atoms with Gasteiger partial charge in [-0.05, 0) is 57.5 Å². The summed E-state index contributed by atoms with van der Waals surface area (Å²) >= 11 is 0. The van der Waals surface area contributed by atoms with Crippen LogP contribution in [-0.2, 0) is 11.0 Å². The zero-order valence-corrected chi connectivity index (χ0v) is 13.4. The van der Waals surface area contributed by atoms with Crippen molar-refractivity contribution < 1.29 is 27.8 Å². The van der Waals surface area contributed by atoms with Gasteiger partial charge in [0.2, 0.25) is 0 Å². The number of hydrogen-bond acceptors (Lipinski definition) is 3. The normalized spacial score (nSPS) is 17.0. The first kappa shape index (κ1) is 18.6. The van der Waals surface area contributed by atoms with E-state index in [-0.39, 0.29) is 18.3 Å². The van der Waals surface area contributed by atoms with Gasteiger partial charge in [-0.1, -0.05) is 12.1 Å². The molecule has 0 aromatic heterocycles. The SMILES string of the molecule is O=C(O)C1CCN(CCCCOc2ccccc2C(F)(F)F)CC1. The molecule has 1 N–H and O–H groups in total. The molecule has 4 nitrogen and oxygen atoms in total. The number of alkyl halides is 3. The number of carboxylic acid groups (broad SMARTS) is 1. The van der Waals surface area contributed by atoms with E-state index in [9.17, 15) is 18.0 Å². The van der Waals surface area contributed by atoms with Crippen LogP contribution in [0.15, 0.2) is 24.3 Å². The number of hydrogen-bond donors (Lipinski definition) is 1. The summed E-state index contributed by atoms with van der Waals surface area (Å²) in [6.45, 7) is 2.57. The summed E-state index contributed by atoms with van der Waals surface area (Å²) in [5.74, 6) is -1.11. The van der Waals surface area contributed by atoms with E-state index < -0.39 is 17.7 Å². The number of piperidine rings is 1. The molecule has 1 heterocycles. The summed E-state index contributed by atoms with van der Waals surface area (Å²) < 4.78 is 43.8. The lowest BCUT2D eigenvalue weighted by Gasteiger charge is -2.29. The molecule has 1 aliphatic rings. The molecule has 1 saturated heterocycles. The Labute approximate surface area is 139 Å². The molecule has 0 radical (unpaired) electrons. The zero-order valence-electron chi connectivity index (χ0n) is 13.4. The number of nitrogens with zero attached hydrogens (tertiary/aromatic N) is 1. The van der Waals surface area contributed by atoms with E-state index in [0.29, 0.717) is 19.3 Å². The number of carboxylic acids is 1. The molecule has 1 aromatic carbocycles. The summed E-state index contributed by atoms with van der Waals surface area (Å²) in [7, 11) is 0. The van der Waals surface area contributed by atoms with E-state index in [1.54, 1.807) is 0 Å². The molecule has 1 fully saturated rings. The number of benzene rings is 1. The molecule has 7 heteroatoms. The Morgan fingerprint density at radius 3 is 2.50 bits per heavy atom. The van der Waals surface area contributed by atoms with Gasteiger partial charge in [0.05, 0.1) is 18.1 Å². The first-order valence-corrected chi connectivity index (χ1v) is 8.12. The number of halogens is 3.